The van der Waals surface area contributed by atoms with Gasteiger partial charge in [-0.15, -0.1) is 35.3 Å². The lowest BCUT2D eigenvalue weighted by atomic mass is 10.3. The first-order valence-corrected chi connectivity index (χ1v) is 7.43. The number of likely N-dealkylation sites (N-methyl/N-ethyl adjacent to an activating group) is 1. The third-order valence-electron chi connectivity index (χ3n) is 3.07. The second-order valence-electron chi connectivity index (χ2n) is 4.64. The van der Waals surface area contributed by atoms with Crippen LogP contribution in [0.15, 0.2) is 22.5 Å². The van der Waals surface area contributed by atoms with E-state index in [2.05, 4.69) is 45.1 Å². The number of morpholine rings is 1. The van der Waals surface area contributed by atoms with E-state index in [1.54, 1.807) is 18.4 Å². The minimum atomic E-state index is 0. The van der Waals surface area contributed by atoms with Gasteiger partial charge in [0.1, 0.15) is 0 Å². The van der Waals surface area contributed by atoms with Crippen molar-refractivity contribution in [3.8, 4) is 0 Å². The number of thiophene rings is 1. The van der Waals surface area contributed by atoms with Crippen LogP contribution in [-0.4, -0.2) is 57.3 Å². The van der Waals surface area contributed by atoms with Crippen molar-refractivity contribution in [3.05, 3.63) is 22.4 Å². The molecule has 1 unspecified atom stereocenters. The maximum atomic E-state index is 5.71. The molecule has 1 aliphatic rings. The molecule has 0 bridgehead atoms. The fraction of sp³-hybridized carbons (Fsp3) is 0.615. The van der Waals surface area contributed by atoms with Gasteiger partial charge in [-0.1, -0.05) is 6.07 Å². The molecule has 0 saturated carbocycles. The van der Waals surface area contributed by atoms with E-state index in [0.717, 1.165) is 38.7 Å². The van der Waals surface area contributed by atoms with E-state index in [1.807, 2.05) is 0 Å². The lowest BCUT2D eigenvalue weighted by molar-refractivity contribution is -0.0161. The Kier molecular flexibility index (Phi) is 8.43. The monoisotopic (exact) mass is 410 g/mol. The van der Waals surface area contributed by atoms with Crippen LogP contribution >= 0.6 is 35.3 Å². The zero-order valence-electron chi connectivity index (χ0n) is 12.0. The van der Waals surface area contributed by atoms with Crippen molar-refractivity contribution in [3.63, 3.8) is 0 Å². The van der Waals surface area contributed by atoms with Crippen molar-refractivity contribution in [2.24, 2.45) is 4.99 Å². The highest BCUT2D eigenvalue weighted by atomic mass is 127. The first kappa shape index (κ1) is 17.7. The van der Waals surface area contributed by atoms with E-state index < -0.39 is 0 Å². The number of hydrogen-bond donors (Lipinski definition) is 2. The van der Waals surface area contributed by atoms with Crippen LogP contribution in [-0.2, 0) is 11.3 Å². The molecule has 0 aromatic carbocycles. The molecule has 1 aromatic heterocycles. The smallest absolute Gasteiger partial charge is 0.191 e. The number of rotatable bonds is 4. The maximum Gasteiger partial charge on any atom is 0.191 e. The number of nitrogens with one attached hydrogen (secondary N) is 2. The number of aliphatic imine (C=N–C) groups is 1. The predicted molar refractivity (Wildman–Crippen MR) is 95.2 cm³/mol. The Morgan fingerprint density at radius 2 is 2.40 bits per heavy atom. The standard InChI is InChI=1S/C13H22N4OS.HI/c1-14-13(16-9-12-4-3-7-19-12)15-8-11-10-17(2)5-6-18-11;/h3-4,7,11H,5-6,8-10H2,1-2H3,(H2,14,15,16);1H. The predicted octanol–water partition coefficient (Wildman–Crippen LogP) is 1.36. The highest BCUT2D eigenvalue weighted by molar-refractivity contribution is 14.0. The zero-order valence-corrected chi connectivity index (χ0v) is 15.1. The van der Waals surface area contributed by atoms with Gasteiger partial charge in [-0.3, -0.25) is 4.99 Å². The van der Waals surface area contributed by atoms with Gasteiger partial charge in [0.25, 0.3) is 0 Å². The molecule has 0 spiro atoms. The van der Waals surface area contributed by atoms with Crippen LogP contribution in [0.3, 0.4) is 0 Å². The molecule has 2 N–H and O–H groups in total. The Bertz CT molecular complexity index is 399. The molecule has 1 fully saturated rings. The molecular formula is C13H23IN4OS. The van der Waals surface area contributed by atoms with Crippen LogP contribution in [0.1, 0.15) is 4.88 Å². The van der Waals surface area contributed by atoms with Gasteiger partial charge in [-0.25, -0.2) is 0 Å². The highest BCUT2D eigenvalue weighted by Gasteiger charge is 2.17. The van der Waals surface area contributed by atoms with Crippen LogP contribution in [0.2, 0.25) is 0 Å². The van der Waals surface area contributed by atoms with Crippen LogP contribution in [0.25, 0.3) is 0 Å². The van der Waals surface area contributed by atoms with E-state index in [-0.39, 0.29) is 30.1 Å². The molecule has 1 aliphatic heterocycles. The molecule has 1 aromatic rings. The fourth-order valence-electron chi connectivity index (χ4n) is 2.01. The van der Waals surface area contributed by atoms with Gasteiger partial charge >= 0.3 is 0 Å². The van der Waals surface area contributed by atoms with Crippen molar-refractivity contribution in [2.45, 2.75) is 12.6 Å². The average Bonchev–Trinajstić information content (AvgIpc) is 2.92. The van der Waals surface area contributed by atoms with E-state index >= 15 is 0 Å². The third-order valence-corrected chi connectivity index (χ3v) is 3.95. The van der Waals surface area contributed by atoms with Crippen molar-refractivity contribution in [2.75, 3.05) is 40.3 Å². The maximum absolute atomic E-state index is 5.71. The van der Waals surface area contributed by atoms with Gasteiger partial charge in [0.05, 0.1) is 19.3 Å². The van der Waals surface area contributed by atoms with Crippen LogP contribution in [0, 0.1) is 0 Å². The largest absolute Gasteiger partial charge is 0.374 e. The van der Waals surface area contributed by atoms with Crippen molar-refractivity contribution in [1.82, 2.24) is 15.5 Å². The van der Waals surface area contributed by atoms with Crippen LogP contribution in [0.4, 0.5) is 0 Å². The summed E-state index contributed by atoms with van der Waals surface area (Å²) in [5, 5.41) is 8.70. The van der Waals surface area contributed by atoms with Gasteiger partial charge in [0, 0.05) is 31.6 Å². The van der Waals surface area contributed by atoms with Crippen molar-refractivity contribution >= 4 is 41.3 Å². The Hall–Kier alpha value is -0.380. The summed E-state index contributed by atoms with van der Waals surface area (Å²) in [5.74, 6) is 0.824. The molecule has 1 saturated heterocycles. The SMILES string of the molecule is CN=C(NCc1cccs1)NCC1CN(C)CCO1.I. The molecule has 2 rings (SSSR count). The highest BCUT2D eigenvalue weighted by Crippen LogP contribution is 2.07. The van der Waals surface area contributed by atoms with Gasteiger partial charge < -0.3 is 20.3 Å². The normalized spacial score (nSPS) is 20.3. The molecule has 7 heteroatoms. The van der Waals surface area contributed by atoms with Crippen molar-refractivity contribution < 1.29 is 4.74 Å². The zero-order chi connectivity index (χ0) is 13.5. The minimum Gasteiger partial charge on any atom is -0.374 e. The topological polar surface area (TPSA) is 48.9 Å². The fourth-order valence-corrected chi connectivity index (χ4v) is 2.65. The van der Waals surface area contributed by atoms with Crippen molar-refractivity contribution in [1.29, 1.82) is 0 Å². The Morgan fingerprint density at radius 1 is 1.55 bits per heavy atom. The summed E-state index contributed by atoms with van der Waals surface area (Å²) in [6.45, 7) is 4.39. The lowest BCUT2D eigenvalue weighted by Gasteiger charge is -2.30. The van der Waals surface area contributed by atoms with E-state index in [0.29, 0.717) is 0 Å². The van der Waals surface area contributed by atoms with Crippen LogP contribution in [0.5, 0.6) is 0 Å². The number of halogens is 1. The summed E-state index contributed by atoms with van der Waals surface area (Å²) in [5.41, 5.74) is 0. The Balaban J connectivity index is 0.00000200. The molecular weight excluding hydrogens is 387 g/mol. The first-order valence-electron chi connectivity index (χ1n) is 6.55. The number of ether oxygens (including phenoxy) is 1. The quantitative estimate of drug-likeness (QED) is 0.447. The molecule has 1 atom stereocenters. The molecule has 0 amide bonds. The summed E-state index contributed by atoms with van der Waals surface area (Å²) in [6.07, 6.45) is 0.235. The molecule has 5 nitrogen and oxygen atoms in total. The first-order chi connectivity index (χ1) is 9.28. The van der Waals surface area contributed by atoms with E-state index in [1.165, 1.54) is 4.88 Å². The number of hydrogen-bond acceptors (Lipinski definition) is 4. The molecule has 114 valence electrons. The Labute approximate surface area is 141 Å². The second-order valence-corrected chi connectivity index (χ2v) is 5.67. The summed E-state index contributed by atoms with van der Waals surface area (Å²) >= 11 is 1.75. The minimum absolute atomic E-state index is 0. The summed E-state index contributed by atoms with van der Waals surface area (Å²) in [7, 11) is 3.91. The van der Waals surface area contributed by atoms with E-state index in [4.69, 9.17) is 4.74 Å². The summed E-state index contributed by atoms with van der Waals surface area (Å²) in [4.78, 5) is 7.81. The third kappa shape index (κ3) is 5.94. The van der Waals surface area contributed by atoms with E-state index in [9.17, 15) is 0 Å². The average molecular weight is 410 g/mol. The molecule has 0 radical (unpaired) electrons. The van der Waals surface area contributed by atoms with Gasteiger partial charge in [0.2, 0.25) is 0 Å². The molecule has 20 heavy (non-hydrogen) atoms. The lowest BCUT2D eigenvalue weighted by Crippen LogP contribution is -2.48. The van der Waals surface area contributed by atoms with Crippen LogP contribution < -0.4 is 10.6 Å². The number of guanidine groups is 1. The van der Waals surface area contributed by atoms with Gasteiger partial charge in [-0.2, -0.15) is 0 Å². The molecule has 2 heterocycles. The Morgan fingerprint density at radius 3 is 3.05 bits per heavy atom. The summed E-state index contributed by atoms with van der Waals surface area (Å²) in [6, 6.07) is 4.17. The van der Waals surface area contributed by atoms with Gasteiger partial charge in [0.15, 0.2) is 5.96 Å². The molecule has 0 aliphatic carbocycles. The second kappa shape index (κ2) is 9.54. The number of nitrogens with zero attached hydrogens (tertiary/aromatic N) is 2. The van der Waals surface area contributed by atoms with Gasteiger partial charge in [-0.05, 0) is 18.5 Å². The summed E-state index contributed by atoms with van der Waals surface area (Å²) < 4.78 is 5.71.